The zero-order valence-electron chi connectivity index (χ0n) is 24.2. The summed E-state index contributed by atoms with van der Waals surface area (Å²) in [7, 11) is 5.70. The van der Waals surface area contributed by atoms with Crippen LogP contribution < -0.4 is 15.4 Å². The van der Waals surface area contributed by atoms with Crippen LogP contribution in [0.4, 0.5) is 10.5 Å². The highest BCUT2D eigenvalue weighted by molar-refractivity contribution is 5.99. The van der Waals surface area contributed by atoms with Crippen LogP contribution in [0.25, 0.3) is 0 Å². The van der Waals surface area contributed by atoms with Gasteiger partial charge in [-0.05, 0) is 65.0 Å². The summed E-state index contributed by atoms with van der Waals surface area (Å²) < 4.78 is 6.39. The zero-order chi connectivity index (χ0) is 28.5. The first-order chi connectivity index (χ1) is 18.6. The molecule has 1 aromatic rings. The molecule has 0 radical (unpaired) electrons. The van der Waals surface area contributed by atoms with Gasteiger partial charge in [0, 0.05) is 37.7 Å². The Morgan fingerprint density at radius 1 is 1.18 bits per heavy atom. The SMILES string of the molecule is C[C@@H]1CN([C@H](C)CO)C(=O)c2cc(NC(=O)CCCN(C)C)ccc2O[C@H]1CN(C)C(=O)NC1CCCCC1. The topological polar surface area (TPSA) is 114 Å². The van der Waals surface area contributed by atoms with Crippen molar-refractivity contribution in [1.29, 1.82) is 0 Å². The van der Waals surface area contributed by atoms with Crippen molar-refractivity contribution in [3.63, 3.8) is 0 Å². The molecule has 1 aliphatic heterocycles. The first-order valence-corrected chi connectivity index (χ1v) is 14.3. The number of carbonyl (C=O) groups is 3. The second-order valence-electron chi connectivity index (χ2n) is 11.5. The van der Waals surface area contributed by atoms with Gasteiger partial charge in [0.1, 0.15) is 11.9 Å². The number of rotatable bonds is 10. The van der Waals surface area contributed by atoms with E-state index in [0.29, 0.717) is 36.5 Å². The fourth-order valence-corrected chi connectivity index (χ4v) is 5.18. The summed E-state index contributed by atoms with van der Waals surface area (Å²) in [5, 5.41) is 15.9. The number of ether oxygens (including phenoxy) is 1. The highest BCUT2D eigenvalue weighted by atomic mass is 16.5. The van der Waals surface area contributed by atoms with Crippen LogP contribution in [-0.2, 0) is 4.79 Å². The van der Waals surface area contributed by atoms with Crippen molar-refractivity contribution in [1.82, 2.24) is 20.0 Å². The van der Waals surface area contributed by atoms with Gasteiger partial charge in [0.25, 0.3) is 5.91 Å². The van der Waals surface area contributed by atoms with Gasteiger partial charge < -0.3 is 35.2 Å². The van der Waals surface area contributed by atoms with Crippen LogP contribution in [0.15, 0.2) is 18.2 Å². The van der Waals surface area contributed by atoms with Crippen molar-refractivity contribution in [2.75, 3.05) is 52.7 Å². The van der Waals surface area contributed by atoms with Gasteiger partial charge in [0.05, 0.1) is 24.8 Å². The third kappa shape index (κ3) is 8.83. The monoisotopic (exact) mass is 545 g/mol. The lowest BCUT2D eigenvalue weighted by Gasteiger charge is -2.38. The molecule has 4 amide bonds. The number of nitrogens with one attached hydrogen (secondary N) is 2. The minimum Gasteiger partial charge on any atom is -0.487 e. The molecular formula is C29H47N5O5. The quantitative estimate of drug-likeness (QED) is 0.416. The molecule has 0 bridgehead atoms. The zero-order valence-corrected chi connectivity index (χ0v) is 24.2. The van der Waals surface area contributed by atoms with Gasteiger partial charge >= 0.3 is 6.03 Å². The second kappa shape index (κ2) is 14.5. The number of aliphatic hydroxyl groups excluding tert-OH is 1. The van der Waals surface area contributed by atoms with Gasteiger partial charge in [-0.15, -0.1) is 0 Å². The van der Waals surface area contributed by atoms with Gasteiger partial charge in [-0.3, -0.25) is 9.59 Å². The number of aliphatic hydroxyl groups is 1. The van der Waals surface area contributed by atoms with Crippen LogP contribution in [0.2, 0.25) is 0 Å². The molecule has 1 saturated carbocycles. The molecule has 39 heavy (non-hydrogen) atoms. The molecule has 10 heteroatoms. The van der Waals surface area contributed by atoms with Crippen molar-refractivity contribution in [2.24, 2.45) is 5.92 Å². The highest BCUT2D eigenvalue weighted by Gasteiger charge is 2.34. The summed E-state index contributed by atoms with van der Waals surface area (Å²) in [6.45, 7) is 5.15. The minimum absolute atomic E-state index is 0.0999. The molecule has 1 fully saturated rings. The summed E-state index contributed by atoms with van der Waals surface area (Å²) >= 11 is 0. The summed E-state index contributed by atoms with van der Waals surface area (Å²) in [6, 6.07) is 4.77. The molecule has 3 rings (SSSR count). The molecule has 0 saturated heterocycles. The van der Waals surface area contributed by atoms with E-state index in [1.165, 1.54) is 6.42 Å². The molecule has 0 aromatic heterocycles. The Labute approximate surface area is 233 Å². The molecule has 2 aliphatic rings. The summed E-state index contributed by atoms with van der Waals surface area (Å²) in [6.07, 6.45) is 6.25. The van der Waals surface area contributed by atoms with Crippen molar-refractivity contribution >= 4 is 23.5 Å². The number of likely N-dealkylation sites (N-methyl/N-ethyl adjacent to an activating group) is 1. The molecule has 10 nitrogen and oxygen atoms in total. The number of urea groups is 1. The number of anilines is 1. The number of carbonyl (C=O) groups excluding carboxylic acids is 3. The predicted octanol–water partition coefficient (Wildman–Crippen LogP) is 3.16. The summed E-state index contributed by atoms with van der Waals surface area (Å²) in [5.74, 6) is -0.0758. The van der Waals surface area contributed by atoms with Crippen LogP contribution >= 0.6 is 0 Å². The molecule has 0 spiro atoms. The predicted molar refractivity (Wildman–Crippen MR) is 152 cm³/mol. The number of hydrogen-bond acceptors (Lipinski definition) is 6. The Balaban J connectivity index is 1.78. The van der Waals surface area contributed by atoms with E-state index in [1.54, 1.807) is 35.0 Å². The van der Waals surface area contributed by atoms with Crippen molar-refractivity contribution in [3.8, 4) is 5.75 Å². The summed E-state index contributed by atoms with van der Waals surface area (Å²) in [5.41, 5.74) is 0.846. The van der Waals surface area contributed by atoms with Gasteiger partial charge in [-0.25, -0.2) is 4.79 Å². The Morgan fingerprint density at radius 2 is 1.90 bits per heavy atom. The largest absolute Gasteiger partial charge is 0.487 e. The van der Waals surface area contributed by atoms with Crippen molar-refractivity contribution in [2.45, 2.75) is 77.0 Å². The maximum Gasteiger partial charge on any atom is 0.317 e. The normalized spacial score (nSPS) is 20.9. The van der Waals surface area contributed by atoms with E-state index in [1.807, 2.05) is 32.8 Å². The van der Waals surface area contributed by atoms with Crippen molar-refractivity contribution < 1.29 is 24.2 Å². The lowest BCUT2D eigenvalue weighted by Crippen LogP contribution is -2.52. The average Bonchev–Trinajstić information content (AvgIpc) is 2.90. The van der Waals surface area contributed by atoms with Crippen molar-refractivity contribution in [3.05, 3.63) is 23.8 Å². The van der Waals surface area contributed by atoms with Crippen LogP contribution in [0, 0.1) is 5.92 Å². The first kappa shape index (κ1) is 30.7. The number of benzene rings is 1. The van der Waals surface area contributed by atoms with E-state index >= 15 is 0 Å². The molecule has 0 unspecified atom stereocenters. The Bertz CT molecular complexity index is 981. The third-order valence-electron chi connectivity index (χ3n) is 7.69. The van der Waals surface area contributed by atoms with Gasteiger partial charge in [-0.2, -0.15) is 0 Å². The van der Waals surface area contributed by atoms with E-state index < -0.39 is 6.04 Å². The fourth-order valence-electron chi connectivity index (χ4n) is 5.18. The van der Waals surface area contributed by atoms with E-state index in [4.69, 9.17) is 4.74 Å². The molecule has 1 aliphatic carbocycles. The number of nitrogens with zero attached hydrogens (tertiary/aromatic N) is 3. The highest BCUT2D eigenvalue weighted by Crippen LogP contribution is 2.31. The fraction of sp³-hybridized carbons (Fsp3) is 0.690. The van der Waals surface area contributed by atoms with Crippen LogP contribution in [0.3, 0.4) is 0 Å². The molecule has 3 atom stereocenters. The molecular weight excluding hydrogens is 498 g/mol. The number of amides is 4. The molecule has 1 aromatic carbocycles. The molecule has 1 heterocycles. The lowest BCUT2D eigenvalue weighted by atomic mass is 9.96. The summed E-state index contributed by atoms with van der Waals surface area (Å²) in [4.78, 5) is 44.4. The standard InChI is InChI=1S/C29H47N5O5/c1-20-17-34(21(2)19-35)28(37)24-16-23(30-27(36)12-9-15-32(3)4)13-14-25(24)39-26(20)18-33(5)29(38)31-22-10-7-6-8-11-22/h13-14,16,20-22,26,35H,6-12,15,17-19H2,1-5H3,(H,30,36)(H,31,38)/t20-,21-,26+/m1/s1. The Hall–Kier alpha value is -2.85. The second-order valence-corrected chi connectivity index (χ2v) is 11.5. The Morgan fingerprint density at radius 3 is 2.56 bits per heavy atom. The lowest BCUT2D eigenvalue weighted by molar-refractivity contribution is -0.116. The first-order valence-electron chi connectivity index (χ1n) is 14.3. The van der Waals surface area contributed by atoms with Crippen LogP contribution in [-0.4, -0.2) is 103 Å². The van der Waals surface area contributed by atoms with E-state index in [-0.39, 0.29) is 42.5 Å². The smallest absolute Gasteiger partial charge is 0.317 e. The third-order valence-corrected chi connectivity index (χ3v) is 7.69. The number of fused-ring (bicyclic) bond motifs is 1. The molecule has 3 N–H and O–H groups in total. The maximum atomic E-state index is 13.6. The van der Waals surface area contributed by atoms with E-state index in [0.717, 1.165) is 38.6 Å². The van der Waals surface area contributed by atoms with Crippen LogP contribution in [0.1, 0.15) is 69.2 Å². The van der Waals surface area contributed by atoms with E-state index in [2.05, 4.69) is 10.6 Å². The van der Waals surface area contributed by atoms with Gasteiger partial charge in [0.2, 0.25) is 5.91 Å². The van der Waals surface area contributed by atoms with Crippen LogP contribution in [0.5, 0.6) is 5.75 Å². The van der Waals surface area contributed by atoms with E-state index in [9.17, 15) is 19.5 Å². The number of hydrogen-bond donors (Lipinski definition) is 3. The van der Waals surface area contributed by atoms with Gasteiger partial charge in [-0.1, -0.05) is 26.2 Å². The van der Waals surface area contributed by atoms with Gasteiger partial charge in [0.15, 0.2) is 0 Å². The minimum atomic E-state index is -0.400. The Kier molecular flexibility index (Phi) is 11.4. The maximum absolute atomic E-state index is 13.6. The average molecular weight is 546 g/mol. The molecule has 218 valence electrons.